The average molecular weight is 277 g/mol. The molecular weight excluding hydrogens is 260 g/mol. The van der Waals surface area contributed by atoms with Gasteiger partial charge in [-0.3, -0.25) is 0 Å². The molecule has 0 saturated heterocycles. The first kappa shape index (κ1) is 14.5. The van der Waals surface area contributed by atoms with Crippen molar-refractivity contribution in [1.82, 2.24) is 0 Å². The third-order valence-corrected chi connectivity index (χ3v) is 3.19. The summed E-state index contributed by atoms with van der Waals surface area (Å²) < 4.78 is 26.9. The van der Waals surface area contributed by atoms with Crippen LogP contribution in [-0.2, 0) is 6.42 Å². The van der Waals surface area contributed by atoms with Crippen molar-refractivity contribution in [3.63, 3.8) is 0 Å². The molecule has 1 unspecified atom stereocenters. The van der Waals surface area contributed by atoms with E-state index in [1.54, 1.807) is 13.0 Å². The molecule has 0 radical (unpaired) electrons. The number of nitrogens with one attached hydrogen (secondary N) is 1. The van der Waals surface area contributed by atoms with Gasteiger partial charge in [0.25, 0.3) is 0 Å². The topological polar surface area (TPSA) is 32.3 Å². The average Bonchev–Trinajstić information content (AvgIpc) is 2.44. The highest BCUT2D eigenvalue weighted by atomic mass is 19.2. The molecular formula is C16H17F2NO. The smallest absolute Gasteiger partial charge is 0.164 e. The van der Waals surface area contributed by atoms with Crippen molar-refractivity contribution in [1.29, 1.82) is 0 Å². The molecule has 2 rings (SSSR count). The number of aliphatic hydroxyl groups excluding tert-OH is 1. The Hall–Kier alpha value is -1.94. The molecule has 20 heavy (non-hydrogen) atoms. The molecule has 2 N–H and O–H groups in total. The van der Waals surface area contributed by atoms with Crippen LogP contribution in [-0.4, -0.2) is 11.7 Å². The largest absolute Gasteiger partial charge is 0.396 e. The van der Waals surface area contributed by atoms with E-state index < -0.39 is 11.6 Å². The molecule has 0 aliphatic rings. The second-order valence-corrected chi connectivity index (χ2v) is 4.68. The van der Waals surface area contributed by atoms with E-state index in [0.29, 0.717) is 12.0 Å². The Balaban J connectivity index is 2.11. The Bertz CT molecular complexity index is 569. The zero-order chi connectivity index (χ0) is 14.5. The number of halogens is 2. The van der Waals surface area contributed by atoms with Gasteiger partial charge in [-0.15, -0.1) is 0 Å². The van der Waals surface area contributed by atoms with Gasteiger partial charge in [0.05, 0.1) is 6.04 Å². The van der Waals surface area contributed by atoms with Crippen molar-refractivity contribution in [3.8, 4) is 0 Å². The van der Waals surface area contributed by atoms with Crippen LogP contribution in [0.15, 0.2) is 42.5 Å². The molecule has 2 aromatic rings. The summed E-state index contributed by atoms with van der Waals surface area (Å²) in [7, 11) is 0. The minimum atomic E-state index is -0.838. The van der Waals surface area contributed by atoms with Gasteiger partial charge >= 0.3 is 0 Å². The normalized spacial score (nSPS) is 12.2. The lowest BCUT2D eigenvalue weighted by molar-refractivity contribution is 0.299. The van der Waals surface area contributed by atoms with Crippen LogP contribution < -0.4 is 5.32 Å². The first-order valence-corrected chi connectivity index (χ1v) is 6.52. The van der Waals surface area contributed by atoms with E-state index in [2.05, 4.69) is 5.32 Å². The van der Waals surface area contributed by atoms with Crippen molar-refractivity contribution < 1.29 is 13.9 Å². The highest BCUT2D eigenvalue weighted by molar-refractivity contribution is 5.46. The van der Waals surface area contributed by atoms with E-state index in [-0.39, 0.29) is 12.6 Å². The Morgan fingerprint density at radius 1 is 1.10 bits per heavy atom. The summed E-state index contributed by atoms with van der Waals surface area (Å²) in [6, 6.07) is 11.3. The standard InChI is InChI=1S/C16H17F2NO/c1-11(14-3-2-4-15(17)16(14)18)19-13-7-5-12(6-8-13)9-10-20/h2-8,11,19-20H,9-10H2,1H3. The number of rotatable bonds is 5. The van der Waals surface area contributed by atoms with Gasteiger partial charge in [0, 0.05) is 17.9 Å². The van der Waals surface area contributed by atoms with Crippen LogP contribution in [0.4, 0.5) is 14.5 Å². The van der Waals surface area contributed by atoms with Crippen LogP contribution in [0.1, 0.15) is 24.1 Å². The van der Waals surface area contributed by atoms with Gasteiger partial charge in [0.15, 0.2) is 11.6 Å². The highest BCUT2D eigenvalue weighted by Gasteiger charge is 2.13. The lowest BCUT2D eigenvalue weighted by Crippen LogP contribution is -2.09. The van der Waals surface area contributed by atoms with Crippen molar-refractivity contribution in [2.24, 2.45) is 0 Å². The minimum Gasteiger partial charge on any atom is -0.396 e. The molecule has 4 heteroatoms. The van der Waals surface area contributed by atoms with Gasteiger partial charge < -0.3 is 10.4 Å². The molecule has 0 fully saturated rings. The van der Waals surface area contributed by atoms with Gasteiger partial charge in [-0.05, 0) is 37.1 Å². The summed E-state index contributed by atoms with van der Waals surface area (Å²) in [5, 5.41) is 12.0. The first-order valence-electron chi connectivity index (χ1n) is 6.52. The molecule has 0 amide bonds. The molecule has 1 atom stereocenters. The summed E-state index contributed by atoms with van der Waals surface area (Å²) >= 11 is 0. The monoisotopic (exact) mass is 277 g/mol. The van der Waals surface area contributed by atoms with E-state index in [1.165, 1.54) is 6.07 Å². The van der Waals surface area contributed by atoms with Crippen molar-refractivity contribution in [2.75, 3.05) is 11.9 Å². The molecule has 106 valence electrons. The molecule has 0 spiro atoms. The fraction of sp³-hybridized carbons (Fsp3) is 0.250. The maximum absolute atomic E-state index is 13.7. The molecule has 0 aromatic heterocycles. The zero-order valence-electron chi connectivity index (χ0n) is 11.2. The van der Waals surface area contributed by atoms with Crippen LogP contribution in [0.25, 0.3) is 0 Å². The quantitative estimate of drug-likeness (QED) is 0.874. The van der Waals surface area contributed by atoms with Crippen molar-refractivity contribution in [2.45, 2.75) is 19.4 Å². The Morgan fingerprint density at radius 3 is 2.45 bits per heavy atom. The Kier molecular flexibility index (Phi) is 4.69. The first-order chi connectivity index (χ1) is 9.61. The van der Waals surface area contributed by atoms with E-state index >= 15 is 0 Å². The lowest BCUT2D eigenvalue weighted by Gasteiger charge is -2.17. The summed E-state index contributed by atoms with van der Waals surface area (Å²) in [5.74, 6) is -1.65. The van der Waals surface area contributed by atoms with Crippen LogP contribution >= 0.6 is 0 Å². The Labute approximate surface area is 117 Å². The number of aliphatic hydroxyl groups is 1. The second kappa shape index (κ2) is 6.48. The van der Waals surface area contributed by atoms with Gasteiger partial charge in [0.2, 0.25) is 0 Å². The molecule has 0 bridgehead atoms. The fourth-order valence-electron chi connectivity index (χ4n) is 2.08. The third-order valence-electron chi connectivity index (χ3n) is 3.19. The summed E-state index contributed by atoms with van der Waals surface area (Å²) in [6.07, 6.45) is 0.606. The van der Waals surface area contributed by atoms with Crippen molar-refractivity contribution >= 4 is 5.69 Å². The maximum Gasteiger partial charge on any atom is 0.164 e. The zero-order valence-corrected chi connectivity index (χ0v) is 11.2. The summed E-state index contributed by atoms with van der Waals surface area (Å²) in [6.45, 7) is 1.89. The molecule has 0 heterocycles. The van der Waals surface area contributed by atoms with Crippen LogP contribution in [0.5, 0.6) is 0 Å². The van der Waals surface area contributed by atoms with Crippen LogP contribution in [0.3, 0.4) is 0 Å². The molecule has 0 aliphatic carbocycles. The number of hydrogen-bond acceptors (Lipinski definition) is 2. The van der Waals surface area contributed by atoms with Gasteiger partial charge in [-0.25, -0.2) is 8.78 Å². The van der Waals surface area contributed by atoms with E-state index in [0.717, 1.165) is 17.3 Å². The Morgan fingerprint density at radius 2 is 1.80 bits per heavy atom. The predicted molar refractivity (Wildman–Crippen MR) is 75.6 cm³/mol. The van der Waals surface area contributed by atoms with Crippen LogP contribution in [0.2, 0.25) is 0 Å². The second-order valence-electron chi connectivity index (χ2n) is 4.68. The third kappa shape index (κ3) is 3.33. The predicted octanol–water partition coefficient (Wildman–Crippen LogP) is 3.67. The maximum atomic E-state index is 13.7. The van der Waals surface area contributed by atoms with Crippen molar-refractivity contribution in [3.05, 3.63) is 65.2 Å². The highest BCUT2D eigenvalue weighted by Crippen LogP contribution is 2.23. The van der Waals surface area contributed by atoms with Gasteiger partial charge in [0.1, 0.15) is 0 Å². The number of hydrogen-bond donors (Lipinski definition) is 2. The SMILES string of the molecule is CC(Nc1ccc(CCO)cc1)c1cccc(F)c1F. The minimum absolute atomic E-state index is 0.109. The van der Waals surface area contributed by atoms with E-state index in [4.69, 9.17) is 5.11 Å². The van der Waals surface area contributed by atoms with E-state index in [9.17, 15) is 8.78 Å². The number of anilines is 1. The summed E-state index contributed by atoms with van der Waals surface area (Å²) in [4.78, 5) is 0. The molecule has 0 aliphatic heterocycles. The van der Waals surface area contributed by atoms with Crippen LogP contribution in [0, 0.1) is 11.6 Å². The van der Waals surface area contributed by atoms with Gasteiger partial charge in [-0.2, -0.15) is 0 Å². The number of benzene rings is 2. The molecule has 0 saturated carbocycles. The lowest BCUT2D eigenvalue weighted by atomic mass is 10.1. The van der Waals surface area contributed by atoms with Gasteiger partial charge in [-0.1, -0.05) is 24.3 Å². The molecule has 2 aromatic carbocycles. The van der Waals surface area contributed by atoms with E-state index in [1.807, 2.05) is 24.3 Å². The fourth-order valence-corrected chi connectivity index (χ4v) is 2.08. The molecule has 2 nitrogen and oxygen atoms in total. The summed E-state index contributed by atoms with van der Waals surface area (Å²) in [5.41, 5.74) is 2.15.